The summed E-state index contributed by atoms with van der Waals surface area (Å²) in [5.41, 5.74) is 6.45. The summed E-state index contributed by atoms with van der Waals surface area (Å²) in [6.45, 7) is 2.44. The van der Waals surface area contributed by atoms with Gasteiger partial charge in [-0.15, -0.1) is 0 Å². The van der Waals surface area contributed by atoms with Crippen molar-refractivity contribution < 1.29 is 9.59 Å². The molecule has 1 fully saturated rings. The summed E-state index contributed by atoms with van der Waals surface area (Å²) in [5, 5.41) is 4.09. The van der Waals surface area contributed by atoms with Crippen LogP contribution in [-0.2, 0) is 23.1 Å². The molecular formula is C14H23N5O2. The molecule has 1 atom stereocenters. The number of aromatic nitrogens is 2. The van der Waals surface area contributed by atoms with Crippen LogP contribution >= 0.6 is 0 Å². The minimum Gasteiger partial charge on any atom is -0.369 e. The number of hydrogen-bond acceptors (Lipinski definition) is 4. The zero-order valence-electron chi connectivity index (χ0n) is 12.7. The zero-order valence-corrected chi connectivity index (χ0v) is 12.7. The number of hydrogen-bond donors (Lipinski definition) is 1. The molecule has 1 saturated heterocycles. The molecule has 0 saturated carbocycles. The van der Waals surface area contributed by atoms with Crippen LogP contribution in [0.3, 0.4) is 0 Å². The van der Waals surface area contributed by atoms with Crippen molar-refractivity contribution in [3.8, 4) is 0 Å². The molecule has 0 radical (unpaired) electrons. The molecule has 2 amide bonds. The molecule has 0 aromatic carbocycles. The molecular weight excluding hydrogens is 270 g/mol. The van der Waals surface area contributed by atoms with E-state index in [-0.39, 0.29) is 17.7 Å². The fourth-order valence-electron chi connectivity index (χ4n) is 2.62. The number of nitrogens with zero attached hydrogens (tertiary/aromatic N) is 4. The van der Waals surface area contributed by atoms with E-state index in [1.807, 2.05) is 25.1 Å². The molecule has 1 aliphatic heterocycles. The lowest BCUT2D eigenvalue weighted by Gasteiger charge is -2.22. The lowest BCUT2D eigenvalue weighted by atomic mass is 10.1. The van der Waals surface area contributed by atoms with Gasteiger partial charge >= 0.3 is 0 Å². The van der Waals surface area contributed by atoms with Crippen molar-refractivity contribution in [2.45, 2.75) is 12.8 Å². The van der Waals surface area contributed by atoms with Gasteiger partial charge in [-0.3, -0.25) is 14.3 Å². The molecule has 0 spiro atoms. The molecule has 2 N–H and O–H groups in total. The van der Waals surface area contributed by atoms with Crippen LogP contribution in [0.5, 0.6) is 0 Å². The summed E-state index contributed by atoms with van der Waals surface area (Å²) in [7, 11) is 3.81. The van der Waals surface area contributed by atoms with E-state index < -0.39 is 0 Å². The van der Waals surface area contributed by atoms with Gasteiger partial charge in [-0.25, -0.2) is 0 Å². The highest BCUT2D eigenvalue weighted by Gasteiger charge is 2.27. The predicted octanol–water partition coefficient (Wildman–Crippen LogP) is -0.772. The summed E-state index contributed by atoms with van der Waals surface area (Å²) < 4.78 is 1.77. The van der Waals surface area contributed by atoms with Gasteiger partial charge in [0, 0.05) is 51.5 Å². The summed E-state index contributed by atoms with van der Waals surface area (Å²) in [4.78, 5) is 27.6. The van der Waals surface area contributed by atoms with E-state index in [1.54, 1.807) is 15.8 Å². The molecule has 1 aromatic rings. The second-order valence-electron chi connectivity index (χ2n) is 5.65. The molecule has 2 rings (SSSR count). The Morgan fingerprint density at radius 2 is 2.10 bits per heavy atom. The first-order chi connectivity index (χ1) is 9.97. The maximum Gasteiger partial charge on any atom is 0.223 e. The van der Waals surface area contributed by atoms with Gasteiger partial charge in [0.15, 0.2) is 0 Å². The van der Waals surface area contributed by atoms with Crippen LogP contribution in [0, 0.1) is 5.92 Å². The van der Waals surface area contributed by atoms with Gasteiger partial charge in [0.25, 0.3) is 0 Å². The highest BCUT2D eigenvalue weighted by molar-refractivity contribution is 5.80. The Hall–Kier alpha value is -1.89. The van der Waals surface area contributed by atoms with Gasteiger partial charge in [0.1, 0.15) is 0 Å². The van der Waals surface area contributed by atoms with Crippen LogP contribution in [0.2, 0.25) is 0 Å². The molecule has 1 aromatic heterocycles. The molecule has 0 unspecified atom stereocenters. The summed E-state index contributed by atoms with van der Waals surface area (Å²) >= 11 is 0. The standard InChI is InChI=1S/C14H23N5O2/c1-17-7-8-19(10-11(9-17)14(15)21)13(20)4-3-12-5-6-16-18(12)2/h5-6,11H,3-4,7-10H2,1-2H3,(H2,15,21)/t11-/m1/s1. The summed E-state index contributed by atoms with van der Waals surface area (Å²) in [6.07, 6.45) is 2.81. The normalized spacial score (nSPS) is 20.3. The van der Waals surface area contributed by atoms with E-state index in [0.29, 0.717) is 32.5 Å². The van der Waals surface area contributed by atoms with Crippen molar-refractivity contribution in [3.63, 3.8) is 0 Å². The Morgan fingerprint density at radius 1 is 1.33 bits per heavy atom. The Balaban J connectivity index is 1.94. The van der Waals surface area contributed by atoms with Crippen molar-refractivity contribution in [1.82, 2.24) is 19.6 Å². The van der Waals surface area contributed by atoms with Crippen LogP contribution in [0.4, 0.5) is 0 Å². The average molecular weight is 293 g/mol. The van der Waals surface area contributed by atoms with Crippen LogP contribution in [-0.4, -0.2) is 64.6 Å². The van der Waals surface area contributed by atoms with Gasteiger partial charge in [-0.05, 0) is 19.5 Å². The van der Waals surface area contributed by atoms with Gasteiger partial charge < -0.3 is 15.5 Å². The molecule has 116 valence electrons. The number of carbonyl (C=O) groups is 2. The predicted molar refractivity (Wildman–Crippen MR) is 78.3 cm³/mol. The number of rotatable bonds is 4. The smallest absolute Gasteiger partial charge is 0.223 e. The second kappa shape index (κ2) is 6.71. The van der Waals surface area contributed by atoms with Crippen molar-refractivity contribution >= 4 is 11.8 Å². The van der Waals surface area contributed by atoms with Crippen LogP contribution in [0.25, 0.3) is 0 Å². The number of amides is 2. The zero-order chi connectivity index (χ0) is 15.4. The van der Waals surface area contributed by atoms with E-state index in [4.69, 9.17) is 5.73 Å². The Kier molecular flexibility index (Phi) is 4.95. The van der Waals surface area contributed by atoms with E-state index in [1.165, 1.54) is 0 Å². The molecule has 7 nitrogen and oxygen atoms in total. The SMILES string of the molecule is CN1CCN(C(=O)CCc2ccnn2C)C[C@H](C(N)=O)C1. The van der Waals surface area contributed by atoms with Gasteiger partial charge in [0.2, 0.25) is 11.8 Å². The quantitative estimate of drug-likeness (QED) is 0.790. The van der Waals surface area contributed by atoms with Crippen molar-refractivity contribution in [2.75, 3.05) is 33.2 Å². The minimum atomic E-state index is -0.340. The number of primary amides is 1. The highest BCUT2D eigenvalue weighted by Crippen LogP contribution is 2.11. The monoisotopic (exact) mass is 293 g/mol. The first kappa shape index (κ1) is 15.5. The Bertz CT molecular complexity index is 513. The lowest BCUT2D eigenvalue weighted by molar-refractivity contribution is -0.132. The topological polar surface area (TPSA) is 84.5 Å². The first-order valence-electron chi connectivity index (χ1n) is 7.20. The fourth-order valence-corrected chi connectivity index (χ4v) is 2.62. The molecule has 21 heavy (non-hydrogen) atoms. The number of aryl methyl sites for hydroxylation is 2. The largest absolute Gasteiger partial charge is 0.369 e. The number of carbonyl (C=O) groups excluding carboxylic acids is 2. The molecule has 2 heterocycles. The summed E-state index contributed by atoms with van der Waals surface area (Å²) in [6, 6.07) is 1.91. The van der Waals surface area contributed by atoms with Crippen molar-refractivity contribution in [2.24, 2.45) is 18.7 Å². The molecule has 7 heteroatoms. The third-order valence-corrected chi connectivity index (χ3v) is 4.00. The van der Waals surface area contributed by atoms with Gasteiger partial charge in [-0.2, -0.15) is 5.10 Å². The summed E-state index contributed by atoms with van der Waals surface area (Å²) in [5.74, 6) is -0.566. The van der Waals surface area contributed by atoms with E-state index in [0.717, 1.165) is 12.2 Å². The molecule has 1 aliphatic rings. The second-order valence-corrected chi connectivity index (χ2v) is 5.65. The van der Waals surface area contributed by atoms with Crippen molar-refractivity contribution in [1.29, 1.82) is 0 Å². The van der Waals surface area contributed by atoms with Crippen molar-refractivity contribution in [3.05, 3.63) is 18.0 Å². The van der Waals surface area contributed by atoms with Gasteiger partial charge in [0.05, 0.1) is 5.92 Å². The molecule has 0 aliphatic carbocycles. The third-order valence-electron chi connectivity index (χ3n) is 4.00. The Labute approximate surface area is 124 Å². The Morgan fingerprint density at radius 3 is 2.71 bits per heavy atom. The van der Waals surface area contributed by atoms with Crippen LogP contribution < -0.4 is 5.73 Å². The van der Waals surface area contributed by atoms with Crippen LogP contribution in [0.15, 0.2) is 12.3 Å². The highest BCUT2D eigenvalue weighted by atomic mass is 16.2. The lowest BCUT2D eigenvalue weighted by Crippen LogP contribution is -2.40. The van der Waals surface area contributed by atoms with E-state index in [2.05, 4.69) is 5.10 Å². The maximum absolute atomic E-state index is 12.4. The molecule has 0 bridgehead atoms. The van der Waals surface area contributed by atoms with Crippen LogP contribution in [0.1, 0.15) is 12.1 Å². The number of likely N-dealkylation sites (N-methyl/N-ethyl adjacent to an activating group) is 1. The van der Waals surface area contributed by atoms with E-state index in [9.17, 15) is 9.59 Å². The first-order valence-corrected chi connectivity index (χ1v) is 7.20. The van der Waals surface area contributed by atoms with E-state index >= 15 is 0 Å². The fraction of sp³-hybridized carbons (Fsp3) is 0.643. The minimum absolute atomic E-state index is 0.0674. The average Bonchev–Trinajstić information content (AvgIpc) is 2.72. The van der Waals surface area contributed by atoms with Gasteiger partial charge in [-0.1, -0.05) is 0 Å². The third kappa shape index (κ3) is 4.04. The maximum atomic E-state index is 12.4. The number of nitrogens with two attached hydrogens (primary N) is 1.